The van der Waals surface area contributed by atoms with Crippen molar-refractivity contribution in [2.45, 2.75) is 46.3 Å². The number of nitrogens with one attached hydrogen (secondary N) is 1. The van der Waals surface area contributed by atoms with Crippen LogP contribution in [-0.4, -0.2) is 51.1 Å². The topological polar surface area (TPSA) is 98.3 Å². The maximum atomic E-state index is 13.7. The van der Waals surface area contributed by atoms with Gasteiger partial charge in [-0.15, -0.1) is 0 Å². The Morgan fingerprint density at radius 1 is 1.38 bits per heavy atom. The zero-order chi connectivity index (χ0) is 22.8. The fourth-order valence-electron chi connectivity index (χ4n) is 3.64. The van der Waals surface area contributed by atoms with Crippen LogP contribution in [0.3, 0.4) is 0 Å². The molecule has 2 amide bonds. The predicted octanol–water partition coefficient (Wildman–Crippen LogP) is 3.74. The second kappa shape index (κ2) is 9.07. The SMILES string of the molecule is Cc1c(F)cccc1NC(=O)N(C)CCc1noc(-c2nn(C(C)C)c3c2COCC3)n1. The van der Waals surface area contributed by atoms with Crippen LogP contribution in [0.15, 0.2) is 22.7 Å². The maximum absolute atomic E-state index is 13.7. The van der Waals surface area contributed by atoms with Gasteiger partial charge in [-0.1, -0.05) is 11.2 Å². The third-order valence-corrected chi connectivity index (χ3v) is 5.53. The van der Waals surface area contributed by atoms with Gasteiger partial charge in [-0.05, 0) is 32.9 Å². The number of carbonyl (C=O) groups is 1. The smallest absolute Gasteiger partial charge is 0.321 e. The van der Waals surface area contributed by atoms with E-state index in [-0.39, 0.29) is 17.9 Å². The van der Waals surface area contributed by atoms with Crippen LogP contribution in [0.2, 0.25) is 0 Å². The second-order valence-electron chi connectivity index (χ2n) is 8.14. The summed E-state index contributed by atoms with van der Waals surface area (Å²) in [5, 5.41) is 11.5. The molecule has 0 radical (unpaired) electrons. The van der Waals surface area contributed by atoms with Crippen molar-refractivity contribution < 1.29 is 18.4 Å². The number of aromatic nitrogens is 4. The van der Waals surface area contributed by atoms with E-state index in [0.29, 0.717) is 54.8 Å². The Morgan fingerprint density at radius 2 is 2.19 bits per heavy atom. The number of likely N-dealkylation sites (N-methyl/N-ethyl adjacent to an activating group) is 1. The van der Waals surface area contributed by atoms with Crippen LogP contribution < -0.4 is 5.32 Å². The van der Waals surface area contributed by atoms with E-state index < -0.39 is 0 Å². The molecule has 0 unspecified atom stereocenters. The molecular weight excluding hydrogens is 415 g/mol. The third kappa shape index (κ3) is 4.36. The number of amides is 2. The zero-order valence-electron chi connectivity index (χ0n) is 18.7. The van der Waals surface area contributed by atoms with Gasteiger partial charge in [0.1, 0.15) is 5.82 Å². The summed E-state index contributed by atoms with van der Waals surface area (Å²) in [5.41, 5.74) is 3.62. The van der Waals surface area contributed by atoms with Gasteiger partial charge >= 0.3 is 6.03 Å². The monoisotopic (exact) mass is 442 g/mol. The Morgan fingerprint density at radius 3 is 2.97 bits per heavy atom. The molecule has 0 saturated heterocycles. The molecule has 0 bridgehead atoms. The lowest BCUT2D eigenvalue weighted by Crippen LogP contribution is -2.33. The molecule has 32 heavy (non-hydrogen) atoms. The molecule has 2 aromatic heterocycles. The van der Waals surface area contributed by atoms with Crippen LogP contribution in [0.4, 0.5) is 14.9 Å². The van der Waals surface area contributed by atoms with Crippen molar-refractivity contribution in [3.8, 4) is 11.6 Å². The van der Waals surface area contributed by atoms with Crippen molar-refractivity contribution in [2.24, 2.45) is 0 Å². The molecule has 1 aliphatic rings. The summed E-state index contributed by atoms with van der Waals surface area (Å²) in [4.78, 5) is 18.4. The maximum Gasteiger partial charge on any atom is 0.321 e. The highest BCUT2D eigenvalue weighted by Crippen LogP contribution is 2.30. The molecule has 0 aliphatic carbocycles. The number of hydrogen-bond donors (Lipinski definition) is 1. The molecule has 0 saturated carbocycles. The van der Waals surface area contributed by atoms with Gasteiger partial charge in [-0.3, -0.25) is 4.68 Å². The molecule has 0 atom stereocenters. The van der Waals surface area contributed by atoms with E-state index >= 15 is 0 Å². The van der Waals surface area contributed by atoms with Crippen LogP contribution in [0.25, 0.3) is 11.6 Å². The lowest BCUT2D eigenvalue weighted by molar-refractivity contribution is 0.108. The van der Waals surface area contributed by atoms with E-state index in [1.54, 1.807) is 26.1 Å². The minimum absolute atomic E-state index is 0.215. The first-order chi connectivity index (χ1) is 15.3. The first-order valence-electron chi connectivity index (χ1n) is 10.6. The summed E-state index contributed by atoms with van der Waals surface area (Å²) in [6.45, 7) is 7.29. The minimum atomic E-state index is -0.364. The molecule has 170 valence electrons. The highest BCUT2D eigenvalue weighted by atomic mass is 19.1. The second-order valence-corrected chi connectivity index (χ2v) is 8.14. The predicted molar refractivity (Wildman–Crippen MR) is 116 cm³/mol. The van der Waals surface area contributed by atoms with Crippen molar-refractivity contribution in [3.63, 3.8) is 0 Å². The van der Waals surface area contributed by atoms with E-state index in [9.17, 15) is 9.18 Å². The lowest BCUT2D eigenvalue weighted by atomic mass is 10.1. The van der Waals surface area contributed by atoms with Gasteiger partial charge in [0.2, 0.25) is 0 Å². The number of halogens is 1. The van der Waals surface area contributed by atoms with Gasteiger partial charge in [0.25, 0.3) is 5.89 Å². The van der Waals surface area contributed by atoms with Crippen molar-refractivity contribution >= 4 is 11.7 Å². The quantitative estimate of drug-likeness (QED) is 0.625. The Bertz CT molecular complexity index is 1120. The number of rotatable bonds is 6. The van der Waals surface area contributed by atoms with Crippen LogP contribution in [-0.2, 0) is 24.2 Å². The fraction of sp³-hybridized carbons (Fsp3) is 0.455. The lowest BCUT2D eigenvalue weighted by Gasteiger charge is -2.18. The normalized spacial score (nSPS) is 13.3. The number of carbonyl (C=O) groups excluding carboxylic acids is 1. The summed E-state index contributed by atoms with van der Waals surface area (Å²) in [6, 6.07) is 4.45. The Kier molecular flexibility index (Phi) is 6.22. The number of anilines is 1. The Labute approximate surface area is 185 Å². The average Bonchev–Trinajstić information content (AvgIpc) is 3.40. The number of ether oxygens (including phenoxy) is 1. The number of benzene rings is 1. The van der Waals surface area contributed by atoms with Crippen LogP contribution >= 0.6 is 0 Å². The molecule has 0 spiro atoms. The Hall–Kier alpha value is -3.27. The number of nitrogens with zero attached hydrogens (tertiary/aromatic N) is 5. The van der Waals surface area contributed by atoms with Crippen molar-refractivity contribution in [3.05, 3.63) is 46.7 Å². The van der Waals surface area contributed by atoms with Crippen molar-refractivity contribution in [1.29, 1.82) is 0 Å². The van der Waals surface area contributed by atoms with Gasteiger partial charge in [-0.25, -0.2) is 9.18 Å². The highest BCUT2D eigenvalue weighted by molar-refractivity contribution is 5.89. The third-order valence-electron chi connectivity index (χ3n) is 5.53. The molecule has 10 heteroatoms. The van der Waals surface area contributed by atoms with E-state index in [4.69, 9.17) is 14.4 Å². The minimum Gasteiger partial charge on any atom is -0.376 e. The van der Waals surface area contributed by atoms with Gasteiger partial charge in [-0.2, -0.15) is 10.1 Å². The highest BCUT2D eigenvalue weighted by Gasteiger charge is 2.26. The van der Waals surface area contributed by atoms with Crippen LogP contribution in [0, 0.1) is 12.7 Å². The van der Waals surface area contributed by atoms with Crippen LogP contribution in [0.5, 0.6) is 0 Å². The number of urea groups is 1. The van der Waals surface area contributed by atoms with Crippen molar-refractivity contribution in [1.82, 2.24) is 24.8 Å². The zero-order valence-corrected chi connectivity index (χ0v) is 18.7. The van der Waals surface area contributed by atoms with Crippen LogP contribution in [0.1, 0.15) is 42.5 Å². The number of fused-ring (bicyclic) bond motifs is 1. The molecule has 3 aromatic rings. The molecule has 9 nitrogen and oxygen atoms in total. The molecule has 3 heterocycles. The Balaban J connectivity index is 1.42. The summed E-state index contributed by atoms with van der Waals surface area (Å²) < 4.78 is 26.8. The molecule has 4 rings (SSSR count). The molecule has 1 aliphatic heterocycles. The van der Waals surface area contributed by atoms with E-state index in [1.165, 1.54) is 11.0 Å². The summed E-state index contributed by atoms with van der Waals surface area (Å²) in [7, 11) is 1.66. The van der Waals surface area contributed by atoms with Crippen molar-refractivity contribution in [2.75, 3.05) is 25.5 Å². The first-order valence-corrected chi connectivity index (χ1v) is 10.6. The van der Waals surface area contributed by atoms with Gasteiger partial charge < -0.3 is 19.5 Å². The fourth-order valence-corrected chi connectivity index (χ4v) is 3.64. The summed E-state index contributed by atoms with van der Waals surface area (Å²) >= 11 is 0. The van der Waals surface area contributed by atoms with E-state index in [1.807, 2.05) is 4.68 Å². The van der Waals surface area contributed by atoms with Gasteiger partial charge in [0, 0.05) is 55.0 Å². The van der Waals surface area contributed by atoms with E-state index in [0.717, 1.165) is 17.7 Å². The summed E-state index contributed by atoms with van der Waals surface area (Å²) in [5.74, 6) is 0.465. The largest absolute Gasteiger partial charge is 0.376 e. The van der Waals surface area contributed by atoms with Gasteiger partial charge in [0.05, 0.1) is 13.2 Å². The standard InChI is InChI=1S/C22H27FN6O3/c1-13(2)29-18-9-11-31-12-15(18)20(26-29)21-25-19(27-32-21)8-10-28(4)22(30)24-17-7-5-6-16(23)14(17)3/h5-7,13H,8-12H2,1-4H3,(H,24,30). The first kappa shape index (κ1) is 21.9. The average molecular weight is 442 g/mol. The van der Waals surface area contributed by atoms with E-state index in [2.05, 4.69) is 29.3 Å². The molecule has 0 fully saturated rings. The van der Waals surface area contributed by atoms with Gasteiger partial charge in [0.15, 0.2) is 11.5 Å². The molecular formula is C22H27FN6O3. The molecule has 1 aromatic carbocycles. The molecule has 1 N–H and O–H groups in total. The number of hydrogen-bond acceptors (Lipinski definition) is 6. The summed E-state index contributed by atoms with van der Waals surface area (Å²) in [6.07, 6.45) is 1.20.